The van der Waals surface area contributed by atoms with Gasteiger partial charge in [0.1, 0.15) is 12.4 Å². The minimum absolute atomic E-state index is 0.226. The molecule has 6 nitrogen and oxygen atoms in total. The quantitative estimate of drug-likeness (QED) is 0.375. The van der Waals surface area contributed by atoms with E-state index in [2.05, 4.69) is 43.8 Å². The summed E-state index contributed by atoms with van der Waals surface area (Å²) in [5.74, 6) is 0. The van der Waals surface area contributed by atoms with E-state index < -0.39 is 7.82 Å². The number of aryl methyl sites for hydroxylation is 2. The Balaban J connectivity index is 0.000000425. The minimum Gasteiger partial charge on any atom is -0.756 e. The van der Waals surface area contributed by atoms with Crippen LogP contribution >= 0.6 is 7.82 Å². The zero-order valence-electron chi connectivity index (χ0n) is 14.4. The van der Waals surface area contributed by atoms with Gasteiger partial charge in [-0.25, -0.2) is 9.13 Å². The molecule has 0 aliphatic heterocycles. The van der Waals surface area contributed by atoms with Crippen molar-refractivity contribution in [2.45, 2.75) is 59.4 Å². The minimum atomic E-state index is -4.00. The van der Waals surface area contributed by atoms with E-state index in [1.165, 1.54) is 6.42 Å². The summed E-state index contributed by atoms with van der Waals surface area (Å²) in [6.45, 7) is 7.70. The lowest BCUT2D eigenvalue weighted by Gasteiger charge is -2.22. The molecule has 0 aliphatic carbocycles. The Bertz CT molecular complexity index is 409. The molecule has 0 amide bonds. The standard InChI is InChI=1S/C8H19O4P.C7H13N2/c1-3-5-7-11-13(9,10)12-8-6-4-2;1-3-4-9-6-5-8(2)7-9/h3-8H2,1-2H3,(H,9,10);5-7H,3-4H2,1-2H3/q;+1/p-1. The van der Waals surface area contributed by atoms with E-state index in [-0.39, 0.29) is 13.2 Å². The second-order valence-corrected chi connectivity index (χ2v) is 6.55. The molecule has 1 rings (SSSR count). The van der Waals surface area contributed by atoms with E-state index in [9.17, 15) is 9.46 Å². The van der Waals surface area contributed by atoms with Crippen LogP contribution in [0.5, 0.6) is 0 Å². The molecule has 0 aromatic carbocycles. The Morgan fingerprint density at radius 1 is 1.09 bits per heavy atom. The number of rotatable bonds is 10. The van der Waals surface area contributed by atoms with Crippen LogP contribution in [-0.2, 0) is 27.2 Å². The van der Waals surface area contributed by atoms with Gasteiger partial charge in [-0.15, -0.1) is 0 Å². The van der Waals surface area contributed by atoms with Crippen molar-refractivity contribution in [2.75, 3.05) is 13.2 Å². The Morgan fingerprint density at radius 2 is 1.64 bits per heavy atom. The maximum atomic E-state index is 11.0. The van der Waals surface area contributed by atoms with Crippen LogP contribution in [0.4, 0.5) is 0 Å². The molecule has 0 radical (unpaired) electrons. The van der Waals surface area contributed by atoms with Gasteiger partial charge in [0.2, 0.25) is 6.33 Å². The van der Waals surface area contributed by atoms with Gasteiger partial charge in [-0.05, 0) is 19.3 Å². The van der Waals surface area contributed by atoms with Gasteiger partial charge in [-0.2, -0.15) is 0 Å². The molecule has 0 N–H and O–H groups in total. The smallest absolute Gasteiger partial charge is 0.267 e. The molecule has 1 heterocycles. The van der Waals surface area contributed by atoms with Gasteiger partial charge in [-0.3, -0.25) is 4.57 Å². The molecule has 0 fully saturated rings. The van der Waals surface area contributed by atoms with Crippen LogP contribution in [0, 0.1) is 0 Å². The van der Waals surface area contributed by atoms with E-state index in [4.69, 9.17) is 0 Å². The van der Waals surface area contributed by atoms with Crippen LogP contribution < -0.4 is 9.46 Å². The highest BCUT2D eigenvalue weighted by Crippen LogP contribution is 2.38. The molecule has 22 heavy (non-hydrogen) atoms. The second-order valence-electron chi connectivity index (χ2n) is 5.14. The number of nitrogens with zero attached hydrogens (tertiary/aromatic N) is 2. The summed E-state index contributed by atoms with van der Waals surface area (Å²) in [6.07, 6.45) is 10.7. The molecular formula is C15H31N2O4P. The molecule has 130 valence electrons. The average molecular weight is 334 g/mol. The highest BCUT2D eigenvalue weighted by Gasteiger charge is 2.07. The number of hydrogen-bond donors (Lipinski definition) is 0. The Labute approximate surface area is 134 Å². The second kappa shape index (κ2) is 12.8. The Kier molecular flexibility index (Phi) is 12.4. The molecule has 1 aromatic heterocycles. The monoisotopic (exact) mass is 334 g/mol. The summed E-state index contributed by atoms with van der Waals surface area (Å²) < 4.78 is 24.4. The van der Waals surface area contributed by atoms with Gasteiger partial charge in [0.05, 0.1) is 26.8 Å². The lowest BCUT2D eigenvalue weighted by Crippen LogP contribution is -2.23. The third-order valence-corrected chi connectivity index (χ3v) is 3.80. The van der Waals surface area contributed by atoms with Crippen molar-refractivity contribution < 1.29 is 23.1 Å². The number of aromatic nitrogens is 2. The van der Waals surface area contributed by atoms with Crippen molar-refractivity contribution in [3.05, 3.63) is 18.7 Å². The zero-order valence-corrected chi connectivity index (χ0v) is 15.3. The van der Waals surface area contributed by atoms with E-state index in [1.54, 1.807) is 0 Å². The predicted molar refractivity (Wildman–Crippen MR) is 85.2 cm³/mol. The third kappa shape index (κ3) is 11.9. The molecule has 7 heteroatoms. The molecule has 0 aliphatic rings. The lowest BCUT2D eigenvalue weighted by molar-refractivity contribution is -0.671. The normalized spacial score (nSPS) is 11.1. The fraction of sp³-hybridized carbons (Fsp3) is 0.800. The highest BCUT2D eigenvalue weighted by molar-refractivity contribution is 7.45. The molecule has 0 bridgehead atoms. The van der Waals surface area contributed by atoms with Crippen LogP contribution in [0.3, 0.4) is 0 Å². The van der Waals surface area contributed by atoms with Crippen molar-refractivity contribution >= 4 is 7.82 Å². The lowest BCUT2D eigenvalue weighted by atomic mass is 10.4. The first kappa shape index (κ1) is 21.3. The molecule has 0 spiro atoms. The average Bonchev–Trinajstić information content (AvgIpc) is 2.86. The van der Waals surface area contributed by atoms with Crippen LogP contribution in [-0.4, -0.2) is 17.8 Å². The number of phosphoric ester groups is 1. The van der Waals surface area contributed by atoms with E-state index in [0.717, 1.165) is 32.2 Å². The van der Waals surface area contributed by atoms with E-state index >= 15 is 0 Å². The molecule has 0 atom stereocenters. The van der Waals surface area contributed by atoms with E-state index in [1.807, 2.05) is 20.9 Å². The number of phosphoric acid groups is 1. The van der Waals surface area contributed by atoms with Crippen molar-refractivity contribution in [2.24, 2.45) is 7.05 Å². The molecular weight excluding hydrogens is 303 g/mol. The fourth-order valence-electron chi connectivity index (χ4n) is 1.57. The van der Waals surface area contributed by atoms with Crippen LogP contribution in [0.1, 0.15) is 52.9 Å². The molecule has 0 unspecified atom stereocenters. The van der Waals surface area contributed by atoms with E-state index in [0.29, 0.717) is 0 Å². The van der Waals surface area contributed by atoms with Crippen LogP contribution in [0.25, 0.3) is 0 Å². The van der Waals surface area contributed by atoms with Gasteiger partial charge in [0.25, 0.3) is 7.82 Å². The fourth-order valence-corrected chi connectivity index (χ4v) is 2.35. The summed E-state index contributed by atoms with van der Waals surface area (Å²) in [5.41, 5.74) is 0. The first-order valence-corrected chi connectivity index (χ1v) is 9.52. The van der Waals surface area contributed by atoms with Crippen LogP contribution in [0.15, 0.2) is 18.7 Å². The predicted octanol–water partition coefficient (Wildman–Crippen LogP) is 2.81. The molecule has 1 aromatic rings. The van der Waals surface area contributed by atoms with Gasteiger partial charge in [0.15, 0.2) is 0 Å². The van der Waals surface area contributed by atoms with Gasteiger partial charge in [-0.1, -0.05) is 33.6 Å². The zero-order chi connectivity index (χ0) is 16.8. The third-order valence-electron chi connectivity index (χ3n) is 2.80. The summed E-state index contributed by atoms with van der Waals surface area (Å²) in [7, 11) is -1.97. The summed E-state index contributed by atoms with van der Waals surface area (Å²) in [5, 5.41) is 0. The summed E-state index contributed by atoms with van der Waals surface area (Å²) >= 11 is 0. The summed E-state index contributed by atoms with van der Waals surface area (Å²) in [4.78, 5) is 11.0. The van der Waals surface area contributed by atoms with Crippen molar-refractivity contribution in [1.29, 1.82) is 0 Å². The van der Waals surface area contributed by atoms with Crippen molar-refractivity contribution in [3.63, 3.8) is 0 Å². The molecule has 0 saturated carbocycles. The Hall–Kier alpha value is -0.680. The topological polar surface area (TPSA) is 67.4 Å². The van der Waals surface area contributed by atoms with Crippen molar-refractivity contribution in [1.82, 2.24) is 4.57 Å². The largest absolute Gasteiger partial charge is 0.756 e. The van der Waals surface area contributed by atoms with Crippen LogP contribution in [0.2, 0.25) is 0 Å². The Morgan fingerprint density at radius 3 is 2.00 bits per heavy atom. The van der Waals surface area contributed by atoms with Gasteiger partial charge in [0, 0.05) is 0 Å². The van der Waals surface area contributed by atoms with Crippen molar-refractivity contribution in [3.8, 4) is 0 Å². The summed E-state index contributed by atoms with van der Waals surface area (Å²) in [6, 6.07) is 0. The van der Waals surface area contributed by atoms with Gasteiger partial charge < -0.3 is 13.9 Å². The number of hydrogen-bond acceptors (Lipinski definition) is 4. The SMILES string of the molecule is CCCCOP(=O)([O-])OCCCC.CCCn1cc[n+](C)c1. The first-order chi connectivity index (χ1) is 10.4. The highest BCUT2D eigenvalue weighted by atomic mass is 31.2. The first-order valence-electron chi connectivity index (χ1n) is 8.06. The number of unbranched alkanes of at least 4 members (excludes halogenated alkanes) is 2. The van der Waals surface area contributed by atoms with Gasteiger partial charge >= 0.3 is 0 Å². The maximum absolute atomic E-state index is 11.0. The molecule has 0 saturated heterocycles. The maximum Gasteiger partial charge on any atom is 0.267 e. The number of imidazole rings is 1.